The number of aromatic amines is 1. The molecule has 2 aromatic rings. The van der Waals surface area contributed by atoms with Crippen LogP contribution >= 0.6 is 11.8 Å². The van der Waals surface area contributed by atoms with Gasteiger partial charge in [-0.3, -0.25) is 4.79 Å². The molecule has 0 bridgehead atoms. The van der Waals surface area contributed by atoms with Crippen molar-refractivity contribution in [3.63, 3.8) is 0 Å². The van der Waals surface area contributed by atoms with Gasteiger partial charge in [-0.1, -0.05) is 19.9 Å². The van der Waals surface area contributed by atoms with Crippen LogP contribution in [0.3, 0.4) is 0 Å². The first-order valence-corrected chi connectivity index (χ1v) is 7.49. The van der Waals surface area contributed by atoms with E-state index >= 15 is 0 Å². The summed E-state index contributed by atoms with van der Waals surface area (Å²) in [6.07, 6.45) is 1.83. The van der Waals surface area contributed by atoms with E-state index in [1.165, 1.54) is 17.8 Å². The molecule has 0 spiro atoms. The van der Waals surface area contributed by atoms with E-state index in [1.807, 2.05) is 13.1 Å². The Bertz CT molecular complexity index is 683. The van der Waals surface area contributed by atoms with Gasteiger partial charge in [-0.25, -0.2) is 9.97 Å². The van der Waals surface area contributed by atoms with Crippen LogP contribution in [0.1, 0.15) is 25.0 Å². The molecule has 0 aliphatic heterocycles. The van der Waals surface area contributed by atoms with Crippen LogP contribution in [0.2, 0.25) is 0 Å². The van der Waals surface area contributed by atoms with Gasteiger partial charge in [0.1, 0.15) is 10.8 Å². The summed E-state index contributed by atoms with van der Waals surface area (Å²) in [7, 11) is 0. The van der Waals surface area contributed by atoms with Gasteiger partial charge in [0.15, 0.2) is 5.16 Å². The molecule has 0 saturated heterocycles. The predicted octanol–water partition coefficient (Wildman–Crippen LogP) is 1.70. The lowest BCUT2D eigenvalue weighted by atomic mass is 10.2. The number of pyridine rings is 1. The number of nitrogens with zero attached hydrogens (tertiary/aromatic N) is 2. The van der Waals surface area contributed by atoms with Gasteiger partial charge < -0.3 is 16.0 Å². The molecule has 7 heteroatoms. The Morgan fingerprint density at radius 2 is 2.19 bits per heavy atom. The highest BCUT2D eigenvalue weighted by molar-refractivity contribution is 7.99. The smallest absolute Gasteiger partial charge is 0.253 e. The van der Waals surface area contributed by atoms with Gasteiger partial charge >= 0.3 is 0 Å². The van der Waals surface area contributed by atoms with Crippen LogP contribution in [0.5, 0.6) is 0 Å². The fourth-order valence-corrected chi connectivity index (χ4v) is 2.55. The molecule has 0 aliphatic rings. The zero-order valence-corrected chi connectivity index (χ0v) is 13.1. The van der Waals surface area contributed by atoms with E-state index in [0.717, 1.165) is 22.7 Å². The molecule has 2 rings (SSSR count). The zero-order chi connectivity index (χ0) is 15.4. The van der Waals surface area contributed by atoms with Crippen LogP contribution < -0.4 is 16.6 Å². The molecule has 0 fully saturated rings. The largest absolute Gasteiger partial charge is 0.383 e. The summed E-state index contributed by atoms with van der Waals surface area (Å²) >= 11 is 1.30. The maximum atomic E-state index is 11.4. The van der Waals surface area contributed by atoms with E-state index in [9.17, 15) is 4.79 Å². The van der Waals surface area contributed by atoms with Gasteiger partial charge in [0.2, 0.25) is 0 Å². The van der Waals surface area contributed by atoms with Crippen molar-refractivity contribution in [1.29, 1.82) is 0 Å². The normalized spacial score (nSPS) is 11.0. The predicted molar refractivity (Wildman–Crippen MR) is 84.3 cm³/mol. The highest BCUT2D eigenvalue weighted by atomic mass is 32.2. The summed E-state index contributed by atoms with van der Waals surface area (Å²) < 4.78 is 0. The van der Waals surface area contributed by atoms with Crippen LogP contribution in [0.15, 0.2) is 33.3 Å². The van der Waals surface area contributed by atoms with Crippen molar-refractivity contribution in [2.24, 2.45) is 0 Å². The third-order valence-corrected chi connectivity index (χ3v) is 3.74. The molecule has 4 N–H and O–H groups in total. The van der Waals surface area contributed by atoms with Crippen molar-refractivity contribution in [2.75, 3.05) is 5.73 Å². The van der Waals surface area contributed by atoms with Crippen molar-refractivity contribution in [3.05, 3.63) is 39.8 Å². The van der Waals surface area contributed by atoms with E-state index < -0.39 is 0 Å². The minimum atomic E-state index is -0.264. The first-order chi connectivity index (χ1) is 9.94. The fraction of sp³-hybridized carbons (Fsp3) is 0.357. The Kier molecular flexibility index (Phi) is 4.98. The molecule has 0 aromatic carbocycles. The van der Waals surface area contributed by atoms with Gasteiger partial charge in [-0.2, -0.15) is 0 Å². The molecule has 0 atom stereocenters. The molecule has 0 amide bonds. The van der Waals surface area contributed by atoms with Crippen molar-refractivity contribution < 1.29 is 0 Å². The lowest BCUT2D eigenvalue weighted by molar-refractivity contribution is 0.587. The Morgan fingerprint density at radius 3 is 2.81 bits per heavy atom. The van der Waals surface area contributed by atoms with Crippen molar-refractivity contribution in [1.82, 2.24) is 20.3 Å². The Labute approximate surface area is 127 Å². The Morgan fingerprint density at radius 1 is 1.43 bits per heavy atom. The highest BCUT2D eigenvalue weighted by Crippen LogP contribution is 2.25. The number of nitrogens with two attached hydrogens (primary N) is 1. The average Bonchev–Trinajstić information content (AvgIpc) is 2.38. The summed E-state index contributed by atoms with van der Waals surface area (Å²) in [6.45, 7) is 6.97. The van der Waals surface area contributed by atoms with E-state index in [1.54, 1.807) is 0 Å². The number of aromatic nitrogens is 3. The van der Waals surface area contributed by atoms with E-state index in [4.69, 9.17) is 5.73 Å². The van der Waals surface area contributed by atoms with Crippen LogP contribution in [0, 0.1) is 6.92 Å². The number of H-pyrrole nitrogens is 1. The summed E-state index contributed by atoms with van der Waals surface area (Å²) in [6, 6.07) is 3.76. The third kappa shape index (κ3) is 4.57. The quantitative estimate of drug-likeness (QED) is 0.728. The molecule has 0 aliphatic carbocycles. The molecule has 0 radical (unpaired) electrons. The van der Waals surface area contributed by atoms with E-state index in [-0.39, 0.29) is 11.4 Å². The van der Waals surface area contributed by atoms with Crippen molar-refractivity contribution in [2.45, 2.75) is 43.5 Å². The molecule has 2 aromatic heterocycles. The molecular weight excluding hydrogens is 286 g/mol. The van der Waals surface area contributed by atoms with Gasteiger partial charge in [0.05, 0.1) is 0 Å². The third-order valence-electron chi connectivity index (χ3n) is 2.73. The summed E-state index contributed by atoms with van der Waals surface area (Å²) in [5.41, 5.74) is 7.47. The van der Waals surface area contributed by atoms with Crippen LogP contribution in [0.4, 0.5) is 5.82 Å². The second kappa shape index (κ2) is 6.73. The SMILES string of the molecule is Cc1cc(CNC(C)C)cnc1Sc1nc(N)cc(=O)[nH]1. The maximum absolute atomic E-state index is 11.4. The summed E-state index contributed by atoms with van der Waals surface area (Å²) in [5.74, 6) is 0.205. The Balaban J connectivity index is 2.15. The second-order valence-corrected chi connectivity index (χ2v) is 6.06. The van der Waals surface area contributed by atoms with Gasteiger partial charge in [-0.05, 0) is 29.8 Å². The Hall–Kier alpha value is -1.86. The molecule has 0 saturated carbocycles. The topological polar surface area (TPSA) is 96.7 Å². The van der Waals surface area contributed by atoms with Crippen LogP contribution in [-0.2, 0) is 6.54 Å². The van der Waals surface area contributed by atoms with Gasteiger partial charge in [-0.15, -0.1) is 0 Å². The first-order valence-electron chi connectivity index (χ1n) is 6.67. The molecule has 6 nitrogen and oxygen atoms in total. The molecule has 0 unspecified atom stereocenters. The minimum absolute atomic E-state index is 0.205. The number of anilines is 1. The number of hydrogen-bond acceptors (Lipinski definition) is 6. The van der Waals surface area contributed by atoms with E-state index in [2.05, 4.69) is 40.2 Å². The number of nitrogen functional groups attached to an aromatic ring is 1. The molecule has 112 valence electrons. The number of nitrogens with one attached hydrogen (secondary N) is 2. The fourth-order valence-electron chi connectivity index (χ4n) is 1.74. The highest BCUT2D eigenvalue weighted by Gasteiger charge is 2.07. The molecular formula is C14H19N5OS. The average molecular weight is 305 g/mol. The van der Waals surface area contributed by atoms with Crippen LogP contribution in [-0.4, -0.2) is 21.0 Å². The number of hydrogen-bond donors (Lipinski definition) is 3. The molecule has 21 heavy (non-hydrogen) atoms. The monoisotopic (exact) mass is 305 g/mol. The van der Waals surface area contributed by atoms with Crippen LogP contribution in [0.25, 0.3) is 0 Å². The molecule has 2 heterocycles. The summed E-state index contributed by atoms with van der Waals surface area (Å²) in [4.78, 5) is 22.5. The number of aryl methyl sites for hydroxylation is 1. The summed E-state index contributed by atoms with van der Waals surface area (Å²) in [5, 5.41) is 4.60. The maximum Gasteiger partial charge on any atom is 0.253 e. The van der Waals surface area contributed by atoms with Gasteiger partial charge in [0.25, 0.3) is 5.56 Å². The van der Waals surface area contributed by atoms with E-state index in [0.29, 0.717) is 11.2 Å². The minimum Gasteiger partial charge on any atom is -0.383 e. The van der Waals surface area contributed by atoms with Gasteiger partial charge in [0, 0.05) is 24.8 Å². The lowest BCUT2D eigenvalue weighted by Crippen LogP contribution is -2.21. The number of rotatable bonds is 5. The zero-order valence-electron chi connectivity index (χ0n) is 12.3. The standard InChI is InChI=1S/C14H19N5OS/c1-8(2)16-6-10-4-9(3)13(17-7-10)21-14-18-11(15)5-12(20)19-14/h4-5,7-8,16H,6H2,1-3H3,(H3,15,18,19,20). The van der Waals surface area contributed by atoms with Crippen molar-refractivity contribution in [3.8, 4) is 0 Å². The first kappa shape index (κ1) is 15.5. The lowest BCUT2D eigenvalue weighted by Gasteiger charge is -2.10. The van der Waals surface area contributed by atoms with Crippen molar-refractivity contribution >= 4 is 17.6 Å². The second-order valence-electron chi connectivity index (χ2n) is 5.08.